The number of hydrogen-bond acceptors (Lipinski definition) is 3. The Kier molecular flexibility index (Phi) is 6.43. The molecule has 0 aromatic carbocycles. The molecule has 1 fully saturated rings. The number of amides is 1. The highest BCUT2D eigenvalue weighted by Gasteiger charge is 2.31. The van der Waals surface area contributed by atoms with Gasteiger partial charge in [-0.15, -0.1) is 13.2 Å². The lowest BCUT2D eigenvalue weighted by Gasteiger charge is -2.40. The molecule has 1 saturated heterocycles. The first-order valence-corrected chi connectivity index (χ1v) is 7.23. The SMILES string of the molecule is C=CCN(CC=C)C(=O)CN(C)[C@H]1CCOC(C)(C)C1. The van der Waals surface area contributed by atoms with Gasteiger partial charge in [-0.3, -0.25) is 9.69 Å². The maximum atomic E-state index is 12.3. The maximum Gasteiger partial charge on any atom is 0.237 e. The average molecular weight is 280 g/mol. The number of hydrogen-bond donors (Lipinski definition) is 0. The van der Waals surface area contributed by atoms with Gasteiger partial charge in [-0.05, 0) is 33.7 Å². The van der Waals surface area contributed by atoms with Gasteiger partial charge in [0.25, 0.3) is 0 Å². The van der Waals surface area contributed by atoms with Gasteiger partial charge in [0, 0.05) is 25.7 Å². The molecule has 4 heteroatoms. The molecule has 0 saturated carbocycles. The molecule has 20 heavy (non-hydrogen) atoms. The molecule has 114 valence electrons. The molecular formula is C16H28N2O2. The fourth-order valence-corrected chi connectivity index (χ4v) is 2.61. The van der Waals surface area contributed by atoms with Gasteiger partial charge >= 0.3 is 0 Å². The summed E-state index contributed by atoms with van der Waals surface area (Å²) in [6, 6.07) is 0.400. The molecule has 0 unspecified atom stereocenters. The van der Waals surface area contributed by atoms with Crippen LogP contribution in [0.25, 0.3) is 0 Å². The largest absolute Gasteiger partial charge is 0.375 e. The van der Waals surface area contributed by atoms with Crippen LogP contribution in [0.4, 0.5) is 0 Å². The van der Waals surface area contributed by atoms with Gasteiger partial charge in [0.15, 0.2) is 0 Å². The van der Waals surface area contributed by atoms with Gasteiger partial charge in [-0.25, -0.2) is 0 Å². The quantitative estimate of drug-likeness (QED) is 0.669. The molecule has 0 aromatic rings. The van der Waals surface area contributed by atoms with Crippen LogP contribution in [-0.4, -0.2) is 60.6 Å². The van der Waals surface area contributed by atoms with Crippen LogP contribution in [0.5, 0.6) is 0 Å². The Bertz CT molecular complexity index is 342. The third kappa shape index (κ3) is 5.10. The highest BCUT2D eigenvalue weighted by molar-refractivity contribution is 5.78. The van der Waals surface area contributed by atoms with Crippen LogP contribution in [0.2, 0.25) is 0 Å². The Morgan fingerprint density at radius 2 is 1.95 bits per heavy atom. The van der Waals surface area contributed by atoms with Crippen molar-refractivity contribution in [3.05, 3.63) is 25.3 Å². The van der Waals surface area contributed by atoms with Crippen LogP contribution in [0, 0.1) is 0 Å². The summed E-state index contributed by atoms with van der Waals surface area (Å²) in [6.07, 6.45) is 5.44. The molecule has 1 aliphatic heterocycles. The second-order valence-electron chi connectivity index (χ2n) is 6.05. The zero-order valence-corrected chi connectivity index (χ0v) is 13.1. The zero-order chi connectivity index (χ0) is 15.2. The van der Waals surface area contributed by atoms with Crippen LogP contribution in [0.1, 0.15) is 26.7 Å². The van der Waals surface area contributed by atoms with E-state index >= 15 is 0 Å². The van der Waals surface area contributed by atoms with Crippen molar-refractivity contribution in [3.8, 4) is 0 Å². The lowest BCUT2D eigenvalue weighted by atomic mass is 9.93. The van der Waals surface area contributed by atoms with Crippen molar-refractivity contribution < 1.29 is 9.53 Å². The summed E-state index contributed by atoms with van der Waals surface area (Å²) in [7, 11) is 2.02. The summed E-state index contributed by atoms with van der Waals surface area (Å²) < 4.78 is 5.73. The molecule has 0 N–H and O–H groups in total. The van der Waals surface area contributed by atoms with Crippen molar-refractivity contribution in [2.45, 2.75) is 38.3 Å². The molecule has 0 bridgehead atoms. The molecule has 0 aliphatic carbocycles. The van der Waals surface area contributed by atoms with E-state index in [-0.39, 0.29) is 11.5 Å². The van der Waals surface area contributed by atoms with Crippen LogP contribution in [-0.2, 0) is 9.53 Å². The predicted molar refractivity (Wildman–Crippen MR) is 82.7 cm³/mol. The van der Waals surface area contributed by atoms with Crippen molar-refractivity contribution in [1.29, 1.82) is 0 Å². The number of carbonyl (C=O) groups is 1. The molecular weight excluding hydrogens is 252 g/mol. The average Bonchev–Trinajstić information content (AvgIpc) is 2.37. The summed E-state index contributed by atoms with van der Waals surface area (Å²) in [4.78, 5) is 16.2. The third-order valence-electron chi connectivity index (χ3n) is 3.73. The highest BCUT2D eigenvalue weighted by atomic mass is 16.5. The van der Waals surface area contributed by atoms with Gasteiger partial charge in [0.05, 0.1) is 12.1 Å². The van der Waals surface area contributed by atoms with Crippen LogP contribution in [0.15, 0.2) is 25.3 Å². The van der Waals surface area contributed by atoms with Gasteiger partial charge in [0.1, 0.15) is 0 Å². The van der Waals surface area contributed by atoms with Gasteiger partial charge in [-0.1, -0.05) is 12.2 Å². The number of likely N-dealkylation sites (N-methyl/N-ethyl adjacent to an activating group) is 1. The molecule has 1 rings (SSSR count). The van der Waals surface area contributed by atoms with E-state index in [4.69, 9.17) is 4.74 Å². The fraction of sp³-hybridized carbons (Fsp3) is 0.688. The molecule has 1 amide bonds. The second kappa shape index (κ2) is 7.60. The number of carbonyl (C=O) groups excluding carboxylic acids is 1. The Balaban J connectivity index is 2.55. The van der Waals surface area contributed by atoms with Gasteiger partial charge in [-0.2, -0.15) is 0 Å². The zero-order valence-electron chi connectivity index (χ0n) is 13.1. The molecule has 4 nitrogen and oxygen atoms in total. The first kappa shape index (κ1) is 16.9. The van der Waals surface area contributed by atoms with E-state index in [9.17, 15) is 4.79 Å². The third-order valence-corrected chi connectivity index (χ3v) is 3.73. The standard InChI is InChI=1S/C16H28N2O2/c1-6-9-18(10-7-2)15(19)13-17(5)14-8-11-20-16(3,4)12-14/h6-7,14H,1-2,8-13H2,3-5H3/t14-/m0/s1. The van der Waals surface area contributed by atoms with Gasteiger partial charge < -0.3 is 9.64 Å². The van der Waals surface area contributed by atoms with Crippen molar-refractivity contribution in [2.24, 2.45) is 0 Å². The fourth-order valence-electron chi connectivity index (χ4n) is 2.61. The smallest absolute Gasteiger partial charge is 0.237 e. The van der Waals surface area contributed by atoms with Crippen molar-refractivity contribution in [1.82, 2.24) is 9.80 Å². The minimum Gasteiger partial charge on any atom is -0.375 e. The Morgan fingerprint density at radius 3 is 2.45 bits per heavy atom. The van der Waals surface area contributed by atoms with Crippen molar-refractivity contribution in [3.63, 3.8) is 0 Å². The molecule has 0 aromatic heterocycles. The van der Waals surface area contributed by atoms with E-state index in [1.165, 1.54) is 0 Å². The first-order valence-electron chi connectivity index (χ1n) is 7.23. The highest BCUT2D eigenvalue weighted by Crippen LogP contribution is 2.26. The summed E-state index contributed by atoms with van der Waals surface area (Å²) >= 11 is 0. The molecule has 1 heterocycles. The molecule has 1 aliphatic rings. The van der Waals surface area contributed by atoms with E-state index < -0.39 is 0 Å². The van der Waals surface area contributed by atoms with E-state index in [2.05, 4.69) is 31.9 Å². The first-order chi connectivity index (χ1) is 9.39. The minimum atomic E-state index is -0.0951. The molecule has 0 radical (unpaired) electrons. The lowest BCUT2D eigenvalue weighted by molar-refractivity contribution is -0.133. The maximum absolute atomic E-state index is 12.3. The van der Waals surface area contributed by atoms with Crippen molar-refractivity contribution >= 4 is 5.91 Å². The minimum absolute atomic E-state index is 0.0951. The number of ether oxygens (including phenoxy) is 1. The molecule has 0 spiro atoms. The van der Waals surface area contributed by atoms with Crippen LogP contribution in [0.3, 0.4) is 0 Å². The van der Waals surface area contributed by atoms with E-state index in [0.717, 1.165) is 19.4 Å². The van der Waals surface area contributed by atoms with Gasteiger partial charge in [0.2, 0.25) is 5.91 Å². The topological polar surface area (TPSA) is 32.8 Å². The Hall–Kier alpha value is -1.13. The predicted octanol–water partition coefficient (Wildman–Crippen LogP) is 2.08. The van der Waals surface area contributed by atoms with Crippen LogP contribution < -0.4 is 0 Å². The molecule has 1 atom stereocenters. The lowest BCUT2D eigenvalue weighted by Crippen LogP contribution is -2.48. The Morgan fingerprint density at radius 1 is 1.35 bits per heavy atom. The number of nitrogens with zero attached hydrogens (tertiary/aromatic N) is 2. The summed E-state index contributed by atoms with van der Waals surface area (Å²) in [5.41, 5.74) is -0.0951. The van der Waals surface area contributed by atoms with E-state index in [1.807, 2.05) is 7.05 Å². The number of rotatable bonds is 7. The summed E-state index contributed by atoms with van der Waals surface area (Å²) in [6.45, 7) is 13.9. The van der Waals surface area contributed by atoms with Crippen molar-refractivity contribution in [2.75, 3.05) is 33.3 Å². The van der Waals surface area contributed by atoms with E-state index in [1.54, 1.807) is 17.1 Å². The summed E-state index contributed by atoms with van der Waals surface area (Å²) in [5.74, 6) is 0.122. The van der Waals surface area contributed by atoms with Crippen LogP contribution >= 0.6 is 0 Å². The van der Waals surface area contributed by atoms with E-state index in [0.29, 0.717) is 25.7 Å². The Labute approximate surface area is 123 Å². The second-order valence-corrected chi connectivity index (χ2v) is 6.05. The normalized spacial score (nSPS) is 21.5. The summed E-state index contributed by atoms with van der Waals surface area (Å²) in [5, 5.41) is 0. The monoisotopic (exact) mass is 280 g/mol.